The first-order valence-electron chi connectivity index (χ1n) is 5.59. The fourth-order valence-electron chi connectivity index (χ4n) is 2.06. The molecule has 0 bridgehead atoms. The van der Waals surface area contributed by atoms with Crippen LogP contribution in [-0.4, -0.2) is 36.1 Å². The molecule has 0 radical (unpaired) electrons. The highest BCUT2D eigenvalue weighted by Crippen LogP contribution is 2.21. The first-order valence-corrected chi connectivity index (χ1v) is 5.59. The standard InChI is InChI=1S/C11H21NO2/c1-12-8-6-10(7-9-12)4-2-3-5-11(13)14/h10H,2-9H2,1H3,(H,13,14). The summed E-state index contributed by atoms with van der Waals surface area (Å²) in [7, 11) is 2.17. The molecule has 0 aromatic rings. The fraction of sp³-hybridized carbons (Fsp3) is 0.909. The zero-order chi connectivity index (χ0) is 10.4. The van der Waals surface area contributed by atoms with Gasteiger partial charge in [-0.3, -0.25) is 4.79 Å². The second-order valence-corrected chi connectivity index (χ2v) is 4.39. The Balaban J connectivity index is 1.99. The highest BCUT2D eigenvalue weighted by Gasteiger charge is 2.15. The van der Waals surface area contributed by atoms with Gasteiger partial charge >= 0.3 is 5.97 Å². The lowest BCUT2D eigenvalue weighted by Gasteiger charge is -2.28. The SMILES string of the molecule is CN1CCC(CCCCC(=O)O)CC1. The molecule has 1 rings (SSSR count). The highest BCUT2D eigenvalue weighted by atomic mass is 16.4. The van der Waals surface area contributed by atoms with Crippen molar-refractivity contribution in [2.45, 2.75) is 38.5 Å². The van der Waals surface area contributed by atoms with Crippen molar-refractivity contribution in [3.8, 4) is 0 Å². The summed E-state index contributed by atoms with van der Waals surface area (Å²) in [6.07, 6.45) is 6.09. The molecule has 0 aromatic heterocycles. The Bertz CT molecular complexity index is 174. The van der Waals surface area contributed by atoms with Crippen LogP contribution in [0.25, 0.3) is 0 Å². The largest absolute Gasteiger partial charge is 0.481 e. The maximum Gasteiger partial charge on any atom is 0.303 e. The van der Waals surface area contributed by atoms with E-state index in [9.17, 15) is 4.79 Å². The Morgan fingerprint density at radius 2 is 2.00 bits per heavy atom. The van der Waals surface area contributed by atoms with Gasteiger partial charge in [-0.25, -0.2) is 0 Å². The van der Waals surface area contributed by atoms with Gasteiger partial charge in [0.2, 0.25) is 0 Å². The van der Waals surface area contributed by atoms with Gasteiger partial charge in [0.15, 0.2) is 0 Å². The minimum Gasteiger partial charge on any atom is -0.481 e. The van der Waals surface area contributed by atoms with Crippen molar-refractivity contribution in [2.24, 2.45) is 5.92 Å². The summed E-state index contributed by atoms with van der Waals surface area (Å²) in [6.45, 7) is 2.42. The lowest BCUT2D eigenvalue weighted by molar-refractivity contribution is -0.137. The number of hydrogen-bond acceptors (Lipinski definition) is 2. The Morgan fingerprint density at radius 1 is 1.36 bits per heavy atom. The van der Waals surface area contributed by atoms with Crippen LogP contribution >= 0.6 is 0 Å². The molecule has 1 heterocycles. The lowest BCUT2D eigenvalue weighted by Crippen LogP contribution is -2.30. The van der Waals surface area contributed by atoms with Gasteiger partial charge in [-0.2, -0.15) is 0 Å². The molecule has 0 atom stereocenters. The van der Waals surface area contributed by atoms with Gasteiger partial charge in [0.25, 0.3) is 0 Å². The number of carbonyl (C=O) groups is 1. The van der Waals surface area contributed by atoms with Crippen LogP contribution < -0.4 is 0 Å². The minimum absolute atomic E-state index is 0.340. The first kappa shape index (κ1) is 11.5. The van der Waals surface area contributed by atoms with Crippen molar-refractivity contribution in [1.29, 1.82) is 0 Å². The van der Waals surface area contributed by atoms with Crippen molar-refractivity contribution in [1.82, 2.24) is 4.90 Å². The summed E-state index contributed by atoms with van der Waals surface area (Å²) in [5.41, 5.74) is 0. The first-order chi connectivity index (χ1) is 6.68. The highest BCUT2D eigenvalue weighted by molar-refractivity contribution is 5.66. The summed E-state index contributed by atoms with van der Waals surface area (Å²) in [4.78, 5) is 12.7. The molecule has 1 aliphatic rings. The quantitative estimate of drug-likeness (QED) is 0.688. The summed E-state index contributed by atoms with van der Waals surface area (Å²) in [5, 5.41) is 8.48. The van der Waals surface area contributed by atoms with Crippen LogP contribution in [0, 0.1) is 5.92 Å². The topological polar surface area (TPSA) is 40.5 Å². The van der Waals surface area contributed by atoms with Gasteiger partial charge in [0.1, 0.15) is 0 Å². The number of unbranched alkanes of at least 4 members (excludes halogenated alkanes) is 1. The van der Waals surface area contributed by atoms with Crippen LogP contribution in [0.5, 0.6) is 0 Å². The van der Waals surface area contributed by atoms with Gasteiger partial charge in [-0.1, -0.05) is 12.8 Å². The third-order valence-corrected chi connectivity index (χ3v) is 3.09. The number of piperidine rings is 1. The average molecular weight is 199 g/mol. The predicted octanol–water partition coefficient (Wildman–Crippen LogP) is 1.97. The van der Waals surface area contributed by atoms with E-state index in [4.69, 9.17) is 5.11 Å². The normalized spacial score (nSPS) is 19.8. The number of hydrogen-bond donors (Lipinski definition) is 1. The number of rotatable bonds is 5. The second-order valence-electron chi connectivity index (χ2n) is 4.39. The molecule has 1 aliphatic heterocycles. The van der Waals surface area contributed by atoms with E-state index in [1.807, 2.05) is 0 Å². The van der Waals surface area contributed by atoms with Crippen LogP contribution in [0.15, 0.2) is 0 Å². The van der Waals surface area contributed by atoms with E-state index in [-0.39, 0.29) is 0 Å². The molecule has 3 heteroatoms. The Hall–Kier alpha value is -0.570. The summed E-state index contributed by atoms with van der Waals surface area (Å²) >= 11 is 0. The molecular formula is C11H21NO2. The molecule has 3 nitrogen and oxygen atoms in total. The number of likely N-dealkylation sites (tertiary alicyclic amines) is 1. The molecule has 1 N–H and O–H groups in total. The molecular weight excluding hydrogens is 178 g/mol. The van der Waals surface area contributed by atoms with Gasteiger partial charge in [0, 0.05) is 6.42 Å². The van der Waals surface area contributed by atoms with Crippen LogP contribution in [0.2, 0.25) is 0 Å². The zero-order valence-corrected chi connectivity index (χ0v) is 9.04. The van der Waals surface area contributed by atoms with Gasteiger partial charge in [-0.05, 0) is 45.3 Å². The van der Waals surface area contributed by atoms with Crippen molar-refractivity contribution in [2.75, 3.05) is 20.1 Å². The molecule has 82 valence electrons. The smallest absolute Gasteiger partial charge is 0.303 e. The maximum absolute atomic E-state index is 10.3. The zero-order valence-electron chi connectivity index (χ0n) is 9.04. The lowest BCUT2D eigenvalue weighted by atomic mass is 9.91. The van der Waals surface area contributed by atoms with E-state index >= 15 is 0 Å². The number of carboxylic acid groups (broad SMARTS) is 1. The van der Waals surface area contributed by atoms with E-state index in [1.165, 1.54) is 32.4 Å². The van der Waals surface area contributed by atoms with E-state index in [1.54, 1.807) is 0 Å². The number of aliphatic carboxylic acids is 1. The fourth-order valence-corrected chi connectivity index (χ4v) is 2.06. The third kappa shape index (κ3) is 4.61. The van der Waals surface area contributed by atoms with Crippen LogP contribution in [0.4, 0.5) is 0 Å². The molecule has 0 unspecified atom stereocenters. The van der Waals surface area contributed by atoms with Crippen LogP contribution in [0.1, 0.15) is 38.5 Å². The van der Waals surface area contributed by atoms with Crippen molar-refractivity contribution in [3.63, 3.8) is 0 Å². The molecule has 0 amide bonds. The number of nitrogens with zero attached hydrogens (tertiary/aromatic N) is 1. The molecule has 0 spiro atoms. The Kier molecular flexibility index (Phi) is 4.94. The Labute approximate surface area is 86.1 Å². The molecule has 1 fully saturated rings. The summed E-state index contributed by atoms with van der Waals surface area (Å²) < 4.78 is 0. The second kappa shape index (κ2) is 6.02. The van der Waals surface area contributed by atoms with Crippen LogP contribution in [0.3, 0.4) is 0 Å². The number of carboxylic acids is 1. The molecule has 1 saturated heterocycles. The maximum atomic E-state index is 10.3. The average Bonchev–Trinajstić information content (AvgIpc) is 2.15. The molecule has 0 aromatic carbocycles. The van der Waals surface area contributed by atoms with Gasteiger partial charge in [-0.15, -0.1) is 0 Å². The van der Waals surface area contributed by atoms with Crippen molar-refractivity contribution < 1.29 is 9.90 Å². The summed E-state index contributed by atoms with van der Waals surface area (Å²) in [6, 6.07) is 0. The van der Waals surface area contributed by atoms with E-state index in [0.29, 0.717) is 6.42 Å². The van der Waals surface area contributed by atoms with E-state index < -0.39 is 5.97 Å². The van der Waals surface area contributed by atoms with E-state index in [2.05, 4.69) is 11.9 Å². The molecule has 0 aliphatic carbocycles. The minimum atomic E-state index is -0.659. The van der Waals surface area contributed by atoms with Crippen LogP contribution in [-0.2, 0) is 4.79 Å². The van der Waals surface area contributed by atoms with E-state index in [0.717, 1.165) is 18.8 Å². The molecule has 14 heavy (non-hydrogen) atoms. The van der Waals surface area contributed by atoms with Crippen molar-refractivity contribution >= 4 is 5.97 Å². The van der Waals surface area contributed by atoms with Gasteiger partial charge in [0.05, 0.1) is 0 Å². The Morgan fingerprint density at radius 3 is 2.57 bits per heavy atom. The van der Waals surface area contributed by atoms with Gasteiger partial charge < -0.3 is 10.0 Å². The third-order valence-electron chi connectivity index (χ3n) is 3.09. The molecule has 0 saturated carbocycles. The van der Waals surface area contributed by atoms with Crippen molar-refractivity contribution in [3.05, 3.63) is 0 Å². The predicted molar refractivity (Wildman–Crippen MR) is 56.3 cm³/mol. The summed E-state index contributed by atoms with van der Waals surface area (Å²) in [5.74, 6) is 0.188. The monoisotopic (exact) mass is 199 g/mol.